The first-order chi connectivity index (χ1) is 6.97. The third kappa shape index (κ3) is 4.47. The highest BCUT2D eigenvalue weighted by Gasteiger charge is 2.29. The van der Waals surface area contributed by atoms with Gasteiger partial charge < -0.3 is 20.6 Å². The topological polar surface area (TPSA) is 72.7 Å². The highest BCUT2D eigenvalue weighted by molar-refractivity contribution is 4.85. The van der Waals surface area contributed by atoms with Crippen LogP contribution in [0.5, 0.6) is 0 Å². The second-order valence-corrected chi connectivity index (χ2v) is 5.04. The zero-order valence-electron chi connectivity index (χ0n) is 9.50. The van der Waals surface area contributed by atoms with E-state index >= 15 is 0 Å². The van der Waals surface area contributed by atoms with Crippen molar-refractivity contribution in [2.75, 3.05) is 19.7 Å². The molecule has 0 heterocycles. The van der Waals surface area contributed by atoms with Gasteiger partial charge in [0.2, 0.25) is 0 Å². The first-order valence-corrected chi connectivity index (χ1v) is 5.74. The summed E-state index contributed by atoms with van der Waals surface area (Å²) in [7, 11) is 0. The van der Waals surface area contributed by atoms with Crippen molar-refractivity contribution in [2.24, 2.45) is 0 Å². The molecule has 0 spiro atoms. The van der Waals surface area contributed by atoms with Gasteiger partial charge in [0, 0.05) is 13.1 Å². The van der Waals surface area contributed by atoms with Gasteiger partial charge in [0.05, 0.1) is 17.8 Å². The summed E-state index contributed by atoms with van der Waals surface area (Å²) in [6.45, 7) is 2.12. The van der Waals surface area contributed by atoms with E-state index in [4.69, 9.17) is 5.11 Å². The fourth-order valence-corrected chi connectivity index (χ4v) is 2.01. The fourth-order valence-electron chi connectivity index (χ4n) is 2.01. The predicted octanol–water partition coefficient (Wildman–Crippen LogP) is 0.0145. The predicted molar refractivity (Wildman–Crippen MR) is 58.6 cm³/mol. The van der Waals surface area contributed by atoms with Crippen LogP contribution in [0.1, 0.15) is 39.0 Å². The standard InChI is InChI=1S/C11H23NO3/c1-10(14,9-13)7-12-8-11(15)5-3-2-4-6-11/h12-15H,2-9H2,1H3. The first-order valence-electron chi connectivity index (χ1n) is 5.74. The Hall–Kier alpha value is -0.160. The molecule has 4 N–H and O–H groups in total. The van der Waals surface area contributed by atoms with Crippen molar-refractivity contribution in [3.8, 4) is 0 Å². The van der Waals surface area contributed by atoms with E-state index in [-0.39, 0.29) is 6.61 Å². The molecule has 4 nitrogen and oxygen atoms in total. The van der Waals surface area contributed by atoms with E-state index < -0.39 is 11.2 Å². The van der Waals surface area contributed by atoms with Crippen molar-refractivity contribution in [3.63, 3.8) is 0 Å². The average Bonchev–Trinajstić information content (AvgIpc) is 2.18. The molecule has 4 heteroatoms. The quantitative estimate of drug-likeness (QED) is 0.523. The Morgan fingerprint density at radius 3 is 2.40 bits per heavy atom. The molecule has 0 aromatic heterocycles. The van der Waals surface area contributed by atoms with Gasteiger partial charge in [-0.3, -0.25) is 0 Å². The molecule has 0 aromatic carbocycles. The third-order valence-corrected chi connectivity index (χ3v) is 3.08. The minimum Gasteiger partial charge on any atom is -0.393 e. The largest absolute Gasteiger partial charge is 0.393 e. The molecule has 1 aliphatic carbocycles. The lowest BCUT2D eigenvalue weighted by atomic mass is 9.85. The van der Waals surface area contributed by atoms with Gasteiger partial charge in [-0.15, -0.1) is 0 Å². The minimum absolute atomic E-state index is 0.265. The molecule has 0 radical (unpaired) electrons. The van der Waals surface area contributed by atoms with Crippen molar-refractivity contribution < 1.29 is 15.3 Å². The number of hydrogen-bond acceptors (Lipinski definition) is 4. The van der Waals surface area contributed by atoms with Crippen LogP contribution in [-0.2, 0) is 0 Å². The van der Waals surface area contributed by atoms with Crippen LogP contribution < -0.4 is 5.32 Å². The fraction of sp³-hybridized carbons (Fsp3) is 1.00. The molecule has 0 bridgehead atoms. The van der Waals surface area contributed by atoms with Gasteiger partial charge in [-0.2, -0.15) is 0 Å². The number of nitrogens with one attached hydrogen (secondary N) is 1. The van der Waals surface area contributed by atoms with Crippen LogP contribution in [0.25, 0.3) is 0 Å². The number of aliphatic hydroxyl groups is 3. The molecule has 1 saturated carbocycles. The summed E-state index contributed by atoms with van der Waals surface area (Å²) < 4.78 is 0. The summed E-state index contributed by atoms with van der Waals surface area (Å²) in [4.78, 5) is 0. The van der Waals surface area contributed by atoms with Gasteiger partial charge in [0.15, 0.2) is 0 Å². The van der Waals surface area contributed by atoms with Gasteiger partial charge in [0.1, 0.15) is 0 Å². The third-order valence-electron chi connectivity index (χ3n) is 3.08. The van der Waals surface area contributed by atoms with E-state index in [1.165, 1.54) is 6.42 Å². The molecule has 1 aliphatic rings. The van der Waals surface area contributed by atoms with Crippen LogP contribution in [-0.4, -0.2) is 46.2 Å². The maximum Gasteiger partial charge on any atom is 0.0972 e. The minimum atomic E-state index is -1.09. The van der Waals surface area contributed by atoms with Crippen LogP contribution in [0, 0.1) is 0 Å². The SMILES string of the molecule is CC(O)(CO)CNCC1(O)CCCCC1. The summed E-state index contributed by atoms with van der Waals surface area (Å²) in [5.74, 6) is 0. The summed E-state index contributed by atoms with van der Waals surface area (Å²) >= 11 is 0. The Morgan fingerprint density at radius 2 is 1.87 bits per heavy atom. The van der Waals surface area contributed by atoms with Crippen LogP contribution in [0.15, 0.2) is 0 Å². The highest BCUT2D eigenvalue weighted by Crippen LogP contribution is 2.27. The molecule has 0 aliphatic heterocycles. The number of aliphatic hydroxyl groups excluding tert-OH is 1. The van der Waals surface area contributed by atoms with Gasteiger partial charge >= 0.3 is 0 Å². The lowest BCUT2D eigenvalue weighted by Gasteiger charge is -2.33. The zero-order chi connectivity index (χ0) is 11.4. The van der Waals surface area contributed by atoms with Crippen molar-refractivity contribution in [2.45, 2.75) is 50.2 Å². The van der Waals surface area contributed by atoms with Crippen LogP contribution in [0.4, 0.5) is 0 Å². The summed E-state index contributed by atoms with van der Waals surface area (Å²) in [5.41, 5.74) is -1.70. The van der Waals surface area contributed by atoms with Crippen molar-refractivity contribution >= 4 is 0 Å². The molecule has 1 rings (SSSR count). The highest BCUT2D eigenvalue weighted by atomic mass is 16.3. The smallest absolute Gasteiger partial charge is 0.0972 e. The van der Waals surface area contributed by atoms with E-state index in [0.717, 1.165) is 25.7 Å². The van der Waals surface area contributed by atoms with E-state index in [1.54, 1.807) is 6.92 Å². The van der Waals surface area contributed by atoms with Gasteiger partial charge in [-0.1, -0.05) is 19.3 Å². The second-order valence-electron chi connectivity index (χ2n) is 5.04. The Balaban J connectivity index is 2.24. The molecule has 0 amide bonds. The summed E-state index contributed by atoms with van der Waals surface area (Å²) in [6.07, 6.45) is 5.03. The zero-order valence-corrected chi connectivity index (χ0v) is 9.50. The van der Waals surface area contributed by atoms with Gasteiger partial charge in [-0.05, 0) is 19.8 Å². The Kier molecular flexibility index (Phi) is 4.52. The maximum absolute atomic E-state index is 10.1. The summed E-state index contributed by atoms with van der Waals surface area (Å²) in [5, 5.41) is 31.5. The lowest BCUT2D eigenvalue weighted by molar-refractivity contribution is -0.0183. The number of hydrogen-bond donors (Lipinski definition) is 4. The molecular weight excluding hydrogens is 194 g/mol. The lowest BCUT2D eigenvalue weighted by Crippen LogP contribution is -2.48. The normalized spacial score (nSPS) is 24.8. The van der Waals surface area contributed by atoms with E-state index in [1.807, 2.05) is 0 Å². The molecule has 1 atom stereocenters. The Bertz CT molecular complexity index is 188. The molecule has 0 saturated heterocycles. The van der Waals surface area contributed by atoms with Crippen LogP contribution >= 0.6 is 0 Å². The van der Waals surface area contributed by atoms with Crippen molar-refractivity contribution in [1.82, 2.24) is 5.32 Å². The molecule has 15 heavy (non-hydrogen) atoms. The van der Waals surface area contributed by atoms with E-state index in [2.05, 4.69) is 5.32 Å². The van der Waals surface area contributed by atoms with Crippen LogP contribution in [0.2, 0.25) is 0 Å². The van der Waals surface area contributed by atoms with Gasteiger partial charge in [-0.25, -0.2) is 0 Å². The molecular formula is C11H23NO3. The van der Waals surface area contributed by atoms with Crippen molar-refractivity contribution in [1.29, 1.82) is 0 Å². The monoisotopic (exact) mass is 217 g/mol. The average molecular weight is 217 g/mol. The summed E-state index contributed by atoms with van der Waals surface area (Å²) in [6, 6.07) is 0. The molecule has 90 valence electrons. The first kappa shape index (κ1) is 12.9. The van der Waals surface area contributed by atoms with E-state index in [9.17, 15) is 10.2 Å². The van der Waals surface area contributed by atoms with E-state index in [0.29, 0.717) is 13.1 Å². The molecule has 0 aromatic rings. The molecule has 1 fully saturated rings. The second kappa shape index (κ2) is 5.25. The van der Waals surface area contributed by atoms with Gasteiger partial charge in [0.25, 0.3) is 0 Å². The molecule has 1 unspecified atom stereocenters. The van der Waals surface area contributed by atoms with Crippen molar-refractivity contribution in [3.05, 3.63) is 0 Å². The maximum atomic E-state index is 10.1. The van der Waals surface area contributed by atoms with Crippen LogP contribution in [0.3, 0.4) is 0 Å². The Morgan fingerprint density at radius 1 is 1.27 bits per heavy atom. The number of rotatable bonds is 5. The Labute approximate surface area is 91.3 Å².